The Balaban J connectivity index is 2.04. The Morgan fingerprint density at radius 2 is 2.05 bits per heavy atom. The van der Waals surface area contributed by atoms with Gasteiger partial charge in [0.2, 0.25) is 0 Å². The Kier molecular flexibility index (Phi) is 5.45. The highest BCUT2D eigenvalue weighted by molar-refractivity contribution is 5.99. The zero-order valence-electron chi connectivity index (χ0n) is 12.9. The van der Waals surface area contributed by atoms with Crippen molar-refractivity contribution in [1.82, 2.24) is 4.98 Å². The van der Waals surface area contributed by atoms with Crippen LogP contribution in [0.3, 0.4) is 0 Å². The van der Waals surface area contributed by atoms with Gasteiger partial charge in [-0.3, -0.25) is 9.78 Å². The van der Waals surface area contributed by atoms with Crippen LogP contribution < -0.4 is 5.73 Å². The van der Waals surface area contributed by atoms with Crippen molar-refractivity contribution in [3.63, 3.8) is 0 Å². The number of benzene rings is 1. The number of pyridine rings is 1. The van der Waals surface area contributed by atoms with Crippen molar-refractivity contribution in [1.29, 1.82) is 0 Å². The molecule has 2 rings (SSSR count). The van der Waals surface area contributed by atoms with E-state index in [-0.39, 0.29) is 5.78 Å². The summed E-state index contributed by atoms with van der Waals surface area (Å²) in [6.07, 6.45) is 4.27. The molecule has 3 nitrogen and oxygen atoms in total. The smallest absolute Gasteiger partial charge is 0.162 e. The standard InChI is InChI=1S/C18H24N2O/c1-13(2)14(9-10-19)6-8-18(21)16-5-7-17-15(12-16)4-3-11-20-17/h3-5,7,11-14H,6,8-10,19H2,1-2H3. The maximum Gasteiger partial charge on any atom is 0.162 e. The molecule has 3 heteroatoms. The second-order valence-electron chi connectivity index (χ2n) is 5.95. The molecule has 0 bridgehead atoms. The quantitative estimate of drug-likeness (QED) is 0.786. The van der Waals surface area contributed by atoms with Gasteiger partial charge >= 0.3 is 0 Å². The van der Waals surface area contributed by atoms with Crippen molar-refractivity contribution in [3.8, 4) is 0 Å². The predicted octanol–water partition coefficient (Wildman–Crippen LogP) is 3.82. The topological polar surface area (TPSA) is 56.0 Å². The monoisotopic (exact) mass is 284 g/mol. The van der Waals surface area contributed by atoms with Crippen LogP contribution in [0.2, 0.25) is 0 Å². The van der Waals surface area contributed by atoms with Gasteiger partial charge in [0.15, 0.2) is 5.78 Å². The third kappa shape index (κ3) is 4.11. The van der Waals surface area contributed by atoms with Crippen LogP contribution in [0, 0.1) is 11.8 Å². The van der Waals surface area contributed by atoms with E-state index in [9.17, 15) is 4.79 Å². The first kappa shape index (κ1) is 15.6. The molecule has 2 N–H and O–H groups in total. The van der Waals surface area contributed by atoms with Gasteiger partial charge in [-0.05, 0) is 55.5 Å². The van der Waals surface area contributed by atoms with Crippen LogP contribution in [0.25, 0.3) is 10.9 Å². The third-order valence-corrected chi connectivity index (χ3v) is 4.15. The Labute approximate surface area is 126 Å². The highest BCUT2D eigenvalue weighted by Crippen LogP contribution is 2.22. The van der Waals surface area contributed by atoms with E-state index in [4.69, 9.17) is 5.73 Å². The molecule has 0 fully saturated rings. The summed E-state index contributed by atoms with van der Waals surface area (Å²) in [5.74, 6) is 1.31. The van der Waals surface area contributed by atoms with Crippen LogP contribution in [-0.2, 0) is 0 Å². The molecule has 0 saturated heterocycles. The minimum atomic E-state index is 0.212. The maximum absolute atomic E-state index is 12.4. The average Bonchev–Trinajstić information content (AvgIpc) is 2.50. The van der Waals surface area contributed by atoms with Crippen LogP contribution in [0.15, 0.2) is 36.5 Å². The summed E-state index contributed by atoms with van der Waals surface area (Å²) >= 11 is 0. The lowest BCUT2D eigenvalue weighted by atomic mass is 9.87. The van der Waals surface area contributed by atoms with Crippen LogP contribution in [-0.4, -0.2) is 17.3 Å². The van der Waals surface area contributed by atoms with E-state index in [1.54, 1.807) is 6.20 Å². The summed E-state index contributed by atoms with van der Waals surface area (Å²) in [4.78, 5) is 16.6. The second kappa shape index (κ2) is 7.32. The van der Waals surface area contributed by atoms with Gasteiger partial charge in [0, 0.05) is 23.6 Å². The van der Waals surface area contributed by atoms with E-state index < -0.39 is 0 Å². The molecule has 1 unspecified atom stereocenters. The first-order valence-electron chi connectivity index (χ1n) is 7.70. The molecule has 0 aliphatic heterocycles. The molecule has 112 valence electrons. The van der Waals surface area contributed by atoms with Crippen LogP contribution >= 0.6 is 0 Å². The van der Waals surface area contributed by atoms with Gasteiger partial charge < -0.3 is 5.73 Å². The second-order valence-corrected chi connectivity index (χ2v) is 5.95. The van der Waals surface area contributed by atoms with Gasteiger partial charge in [-0.15, -0.1) is 0 Å². The Hall–Kier alpha value is -1.74. The van der Waals surface area contributed by atoms with Crippen molar-refractivity contribution in [2.45, 2.75) is 33.1 Å². The molecule has 0 saturated carbocycles. The van der Waals surface area contributed by atoms with Crippen LogP contribution in [0.4, 0.5) is 0 Å². The molecule has 0 radical (unpaired) electrons. The van der Waals surface area contributed by atoms with Gasteiger partial charge in [0.1, 0.15) is 0 Å². The molecule has 0 amide bonds. The number of carbonyl (C=O) groups excluding carboxylic acids is 1. The Morgan fingerprint density at radius 1 is 1.24 bits per heavy atom. The number of rotatable bonds is 7. The lowest BCUT2D eigenvalue weighted by Crippen LogP contribution is -2.15. The number of hydrogen-bond acceptors (Lipinski definition) is 3. The van der Waals surface area contributed by atoms with Crippen molar-refractivity contribution in [3.05, 3.63) is 42.1 Å². The fourth-order valence-corrected chi connectivity index (χ4v) is 2.73. The molecule has 0 spiro atoms. The molecule has 21 heavy (non-hydrogen) atoms. The molecular formula is C18H24N2O. The van der Waals surface area contributed by atoms with Crippen LogP contribution in [0.5, 0.6) is 0 Å². The average molecular weight is 284 g/mol. The number of nitrogens with two attached hydrogens (primary N) is 1. The first-order valence-corrected chi connectivity index (χ1v) is 7.70. The first-order chi connectivity index (χ1) is 10.1. The van der Waals surface area contributed by atoms with Crippen LogP contribution in [0.1, 0.15) is 43.5 Å². The minimum Gasteiger partial charge on any atom is -0.330 e. The highest BCUT2D eigenvalue weighted by atomic mass is 16.1. The SMILES string of the molecule is CC(C)C(CCN)CCC(=O)c1ccc2ncccc2c1. The summed E-state index contributed by atoms with van der Waals surface area (Å²) in [7, 11) is 0. The number of fused-ring (bicyclic) bond motifs is 1. The normalized spacial score (nSPS) is 12.8. The van der Waals surface area contributed by atoms with E-state index in [0.717, 1.165) is 29.3 Å². The Bertz CT molecular complexity index is 607. The number of ketones is 1. The van der Waals surface area contributed by atoms with E-state index >= 15 is 0 Å². The van der Waals surface area contributed by atoms with Crippen molar-refractivity contribution in [2.75, 3.05) is 6.54 Å². The number of hydrogen-bond donors (Lipinski definition) is 1. The maximum atomic E-state index is 12.4. The van der Waals surface area contributed by atoms with Crippen molar-refractivity contribution < 1.29 is 4.79 Å². The number of carbonyl (C=O) groups is 1. The zero-order chi connectivity index (χ0) is 15.2. The number of Topliss-reactive ketones (excluding diaryl/α,β-unsaturated/α-hetero) is 1. The van der Waals surface area contributed by atoms with Gasteiger partial charge in [-0.1, -0.05) is 19.9 Å². The summed E-state index contributed by atoms with van der Waals surface area (Å²) < 4.78 is 0. The third-order valence-electron chi connectivity index (χ3n) is 4.15. The number of aromatic nitrogens is 1. The van der Waals surface area contributed by atoms with E-state index in [2.05, 4.69) is 18.8 Å². The molecule has 1 heterocycles. The van der Waals surface area contributed by atoms with Crippen molar-refractivity contribution >= 4 is 16.7 Å². The van der Waals surface area contributed by atoms with Gasteiger partial charge in [0.05, 0.1) is 5.52 Å². The van der Waals surface area contributed by atoms with Gasteiger partial charge in [-0.25, -0.2) is 0 Å². The lowest BCUT2D eigenvalue weighted by Gasteiger charge is -2.19. The summed E-state index contributed by atoms with van der Waals surface area (Å²) in [6, 6.07) is 9.63. The molecule has 1 aromatic heterocycles. The fraction of sp³-hybridized carbons (Fsp3) is 0.444. The summed E-state index contributed by atoms with van der Waals surface area (Å²) in [6.45, 7) is 5.09. The molecule has 1 atom stereocenters. The predicted molar refractivity (Wildman–Crippen MR) is 87.3 cm³/mol. The van der Waals surface area contributed by atoms with Crippen molar-refractivity contribution in [2.24, 2.45) is 17.6 Å². The van der Waals surface area contributed by atoms with Gasteiger partial charge in [0.25, 0.3) is 0 Å². The lowest BCUT2D eigenvalue weighted by molar-refractivity contribution is 0.0969. The number of nitrogens with zero attached hydrogens (tertiary/aromatic N) is 1. The van der Waals surface area contributed by atoms with E-state index in [1.807, 2.05) is 30.3 Å². The molecule has 0 aliphatic rings. The summed E-state index contributed by atoms with van der Waals surface area (Å²) in [5.41, 5.74) is 7.37. The zero-order valence-corrected chi connectivity index (χ0v) is 12.9. The fourth-order valence-electron chi connectivity index (χ4n) is 2.73. The summed E-state index contributed by atoms with van der Waals surface area (Å²) in [5, 5.41) is 1.02. The molecular weight excluding hydrogens is 260 g/mol. The van der Waals surface area contributed by atoms with Gasteiger partial charge in [-0.2, -0.15) is 0 Å². The largest absolute Gasteiger partial charge is 0.330 e. The molecule has 1 aromatic carbocycles. The molecule has 2 aromatic rings. The van der Waals surface area contributed by atoms with E-state index in [1.165, 1.54) is 0 Å². The minimum absolute atomic E-state index is 0.212. The highest BCUT2D eigenvalue weighted by Gasteiger charge is 2.15. The van der Waals surface area contributed by atoms with E-state index in [0.29, 0.717) is 24.8 Å². The molecule has 0 aliphatic carbocycles. The Morgan fingerprint density at radius 3 is 2.76 bits per heavy atom.